The Labute approximate surface area is 112 Å². The molecule has 5 heteroatoms. The fraction of sp³-hybridized carbons (Fsp3) is 0.643. The zero-order valence-corrected chi connectivity index (χ0v) is 11.3. The van der Waals surface area contributed by atoms with E-state index in [1.807, 2.05) is 13.0 Å². The maximum atomic E-state index is 11.4. The standard InChI is InChI=1S/C14H19NO4/c1-9-5-11(19-12(9)13(16)18-2)6-15-7-14(17,8-15)10-3-4-10/h5,10,17H,3-4,6-8H2,1-2H3. The van der Waals surface area contributed by atoms with Crippen LogP contribution in [-0.4, -0.2) is 41.8 Å². The quantitative estimate of drug-likeness (QED) is 0.832. The number of likely N-dealkylation sites (tertiary alicyclic amines) is 1. The SMILES string of the molecule is COC(=O)c1oc(CN2CC(O)(C3CC3)C2)cc1C. The lowest BCUT2D eigenvalue weighted by atomic mass is 9.89. The van der Waals surface area contributed by atoms with Crippen molar-refractivity contribution < 1.29 is 19.1 Å². The molecule has 1 aliphatic heterocycles. The van der Waals surface area contributed by atoms with Gasteiger partial charge in [-0.1, -0.05) is 0 Å². The number of methoxy groups -OCH3 is 1. The van der Waals surface area contributed by atoms with Crippen LogP contribution in [0.15, 0.2) is 10.5 Å². The van der Waals surface area contributed by atoms with Gasteiger partial charge in [0.05, 0.1) is 19.3 Å². The number of nitrogens with zero attached hydrogens (tertiary/aromatic N) is 1. The summed E-state index contributed by atoms with van der Waals surface area (Å²) in [5, 5.41) is 10.2. The smallest absolute Gasteiger partial charge is 0.374 e. The minimum absolute atomic E-state index is 0.274. The van der Waals surface area contributed by atoms with Crippen molar-refractivity contribution in [2.24, 2.45) is 5.92 Å². The predicted octanol–water partition coefficient (Wildman–Crippen LogP) is 1.33. The highest BCUT2D eigenvalue weighted by Crippen LogP contribution is 2.44. The van der Waals surface area contributed by atoms with Gasteiger partial charge in [0, 0.05) is 18.7 Å². The summed E-state index contributed by atoms with van der Waals surface area (Å²) in [7, 11) is 1.34. The first-order valence-electron chi connectivity index (χ1n) is 6.64. The number of β-amino-alcohol motifs (C(OH)–C–C–N with tert-alkyl or cyclic N) is 1. The van der Waals surface area contributed by atoms with Crippen LogP contribution < -0.4 is 0 Å². The van der Waals surface area contributed by atoms with Gasteiger partial charge in [0.2, 0.25) is 5.76 Å². The van der Waals surface area contributed by atoms with Crippen LogP contribution >= 0.6 is 0 Å². The molecule has 0 amide bonds. The monoisotopic (exact) mass is 265 g/mol. The van der Waals surface area contributed by atoms with E-state index in [1.54, 1.807) is 0 Å². The van der Waals surface area contributed by atoms with E-state index in [0.29, 0.717) is 25.6 Å². The van der Waals surface area contributed by atoms with Crippen molar-refractivity contribution in [3.63, 3.8) is 0 Å². The lowest BCUT2D eigenvalue weighted by molar-refractivity contribution is -0.118. The van der Waals surface area contributed by atoms with Gasteiger partial charge in [0.15, 0.2) is 0 Å². The average Bonchev–Trinajstić information content (AvgIpc) is 3.12. The molecule has 2 heterocycles. The van der Waals surface area contributed by atoms with Gasteiger partial charge in [-0.25, -0.2) is 4.79 Å². The fourth-order valence-corrected chi connectivity index (χ4v) is 2.86. The van der Waals surface area contributed by atoms with E-state index in [2.05, 4.69) is 9.64 Å². The van der Waals surface area contributed by atoms with E-state index < -0.39 is 11.6 Å². The van der Waals surface area contributed by atoms with Gasteiger partial charge in [-0.3, -0.25) is 4.90 Å². The van der Waals surface area contributed by atoms with Crippen LogP contribution in [0.1, 0.15) is 34.7 Å². The fourth-order valence-electron chi connectivity index (χ4n) is 2.86. The molecule has 1 aromatic heterocycles. The lowest BCUT2D eigenvalue weighted by Crippen LogP contribution is -2.62. The van der Waals surface area contributed by atoms with Crippen molar-refractivity contribution >= 4 is 5.97 Å². The van der Waals surface area contributed by atoms with Gasteiger partial charge in [-0.05, 0) is 31.7 Å². The molecule has 1 saturated heterocycles. The van der Waals surface area contributed by atoms with Gasteiger partial charge in [0.25, 0.3) is 0 Å². The first kappa shape index (κ1) is 12.7. The van der Waals surface area contributed by atoms with Crippen molar-refractivity contribution in [3.8, 4) is 0 Å². The maximum absolute atomic E-state index is 11.4. The van der Waals surface area contributed by atoms with Crippen LogP contribution in [0.25, 0.3) is 0 Å². The van der Waals surface area contributed by atoms with E-state index in [-0.39, 0.29) is 5.76 Å². The molecule has 0 bridgehead atoms. The third-order valence-electron chi connectivity index (χ3n) is 4.05. The number of rotatable bonds is 4. The van der Waals surface area contributed by atoms with Gasteiger partial charge in [-0.15, -0.1) is 0 Å². The van der Waals surface area contributed by atoms with Gasteiger partial charge in [0.1, 0.15) is 5.76 Å². The molecule has 0 radical (unpaired) electrons. The normalized spacial score (nSPS) is 22.1. The Bertz CT molecular complexity index is 498. The van der Waals surface area contributed by atoms with Crippen LogP contribution in [0.3, 0.4) is 0 Å². The van der Waals surface area contributed by atoms with Crippen molar-refractivity contribution in [1.29, 1.82) is 0 Å². The van der Waals surface area contributed by atoms with Gasteiger partial charge < -0.3 is 14.3 Å². The summed E-state index contributed by atoms with van der Waals surface area (Å²) in [5.74, 6) is 1.07. The lowest BCUT2D eigenvalue weighted by Gasteiger charge is -2.46. The van der Waals surface area contributed by atoms with E-state index in [0.717, 1.165) is 24.2 Å². The molecule has 0 spiro atoms. The molecule has 1 N–H and O–H groups in total. The average molecular weight is 265 g/mol. The summed E-state index contributed by atoms with van der Waals surface area (Å²) in [6.45, 7) is 3.86. The first-order valence-corrected chi connectivity index (χ1v) is 6.64. The molecule has 1 saturated carbocycles. The summed E-state index contributed by atoms with van der Waals surface area (Å²) >= 11 is 0. The van der Waals surface area contributed by atoms with E-state index in [1.165, 1.54) is 7.11 Å². The number of carbonyl (C=O) groups excluding carboxylic acids is 1. The highest BCUT2D eigenvalue weighted by atomic mass is 16.5. The molecule has 3 rings (SSSR count). The number of esters is 1. The Hall–Kier alpha value is -1.33. The molecule has 104 valence electrons. The summed E-state index contributed by atoms with van der Waals surface area (Å²) in [6, 6.07) is 1.86. The molecule has 5 nitrogen and oxygen atoms in total. The number of carbonyl (C=O) groups is 1. The van der Waals surface area contributed by atoms with Crippen LogP contribution in [-0.2, 0) is 11.3 Å². The second kappa shape index (κ2) is 4.35. The summed E-state index contributed by atoms with van der Waals surface area (Å²) in [4.78, 5) is 13.6. The number of aliphatic hydroxyl groups is 1. The van der Waals surface area contributed by atoms with Crippen molar-refractivity contribution in [2.75, 3.05) is 20.2 Å². The summed E-state index contributed by atoms with van der Waals surface area (Å²) in [5.41, 5.74) is 0.312. The van der Waals surface area contributed by atoms with E-state index in [4.69, 9.17) is 4.42 Å². The largest absolute Gasteiger partial charge is 0.463 e. The van der Waals surface area contributed by atoms with Gasteiger partial charge >= 0.3 is 5.97 Å². The molecular formula is C14H19NO4. The molecule has 0 atom stereocenters. The Morgan fingerprint density at radius 2 is 2.26 bits per heavy atom. The highest BCUT2D eigenvalue weighted by molar-refractivity contribution is 5.87. The Kier molecular flexibility index (Phi) is 2.91. The zero-order chi connectivity index (χ0) is 13.6. The van der Waals surface area contributed by atoms with Gasteiger partial charge in [-0.2, -0.15) is 0 Å². The minimum atomic E-state index is -0.479. The third kappa shape index (κ3) is 2.28. The predicted molar refractivity (Wildman–Crippen MR) is 67.7 cm³/mol. The minimum Gasteiger partial charge on any atom is -0.463 e. The topological polar surface area (TPSA) is 62.9 Å². The maximum Gasteiger partial charge on any atom is 0.374 e. The second-order valence-corrected chi connectivity index (χ2v) is 5.74. The molecular weight excluding hydrogens is 246 g/mol. The number of ether oxygens (including phenoxy) is 1. The van der Waals surface area contributed by atoms with E-state index in [9.17, 15) is 9.90 Å². The number of aryl methyl sites for hydroxylation is 1. The third-order valence-corrected chi connectivity index (χ3v) is 4.05. The number of furan rings is 1. The molecule has 1 aromatic rings. The zero-order valence-electron chi connectivity index (χ0n) is 11.3. The molecule has 2 aliphatic rings. The highest BCUT2D eigenvalue weighted by Gasteiger charge is 2.51. The Morgan fingerprint density at radius 3 is 2.84 bits per heavy atom. The van der Waals surface area contributed by atoms with Crippen molar-refractivity contribution in [1.82, 2.24) is 4.90 Å². The first-order chi connectivity index (χ1) is 9.01. The summed E-state index contributed by atoms with van der Waals surface area (Å²) < 4.78 is 10.2. The molecule has 1 aliphatic carbocycles. The second-order valence-electron chi connectivity index (χ2n) is 5.74. The van der Waals surface area contributed by atoms with Crippen LogP contribution in [0.5, 0.6) is 0 Å². The molecule has 19 heavy (non-hydrogen) atoms. The Balaban J connectivity index is 1.61. The number of hydrogen-bond donors (Lipinski definition) is 1. The molecule has 0 aromatic carbocycles. The number of hydrogen-bond acceptors (Lipinski definition) is 5. The van der Waals surface area contributed by atoms with Crippen LogP contribution in [0.2, 0.25) is 0 Å². The molecule has 0 unspecified atom stereocenters. The van der Waals surface area contributed by atoms with Crippen molar-refractivity contribution in [3.05, 3.63) is 23.2 Å². The van der Waals surface area contributed by atoms with Crippen LogP contribution in [0.4, 0.5) is 0 Å². The summed E-state index contributed by atoms with van der Waals surface area (Å²) in [6.07, 6.45) is 2.30. The van der Waals surface area contributed by atoms with Crippen molar-refractivity contribution in [2.45, 2.75) is 31.9 Å². The van der Waals surface area contributed by atoms with E-state index >= 15 is 0 Å². The molecule has 2 fully saturated rings. The van der Waals surface area contributed by atoms with Crippen LogP contribution in [0, 0.1) is 12.8 Å². The Morgan fingerprint density at radius 1 is 1.58 bits per heavy atom.